The van der Waals surface area contributed by atoms with E-state index in [0.717, 1.165) is 12.1 Å². The van der Waals surface area contributed by atoms with Crippen LogP contribution in [-0.2, 0) is 28.5 Å². The molecule has 35 heavy (non-hydrogen) atoms. The van der Waals surface area contributed by atoms with Gasteiger partial charge in [-0.1, -0.05) is 5.21 Å². The van der Waals surface area contributed by atoms with Crippen LogP contribution in [0.3, 0.4) is 0 Å². The standard InChI is InChI=1S/C22H24F3N3O7/c1-21(2)33-9-15-19(35-21)18(20(31-10-16(29)30)22(34-15)4-3-5-32-22)28-8-14(26-27-28)11-6-12(23)17(25)13(24)7-11/h6-8,15,18-20H,3-5,9-10H2,1-2H3,(H,29,30)/t15-,18+,19+,20?,22+/m1/s1. The number of nitrogens with zero attached hydrogens (tertiary/aromatic N) is 3. The van der Waals surface area contributed by atoms with Crippen molar-refractivity contribution in [1.82, 2.24) is 15.0 Å². The summed E-state index contributed by atoms with van der Waals surface area (Å²) in [7, 11) is 0. The summed E-state index contributed by atoms with van der Waals surface area (Å²) in [5, 5.41) is 17.4. The first-order valence-corrected chi connectivity index (χ1v) is 11.1. The third-order valence-electron chi connectivity index (χ3n) is 6.31. The van der Waals surface area contributed by atoms with Crippen LogP contribution in [0.25, 0.3) is 11.3 Å². The van der Waals surface area contributed by atoms with E-state index in [9.17, 15) is 23.1 Å². The monoisotopic (exact) mass is 499 g/mol. The van der Waals surface area contributed by atoms with E-state index in [1.807, 2.05) is 0 Å². The zero-order valence-electron chi connectivity index (χ0n) is 18.9. The maximum Gasteiger partial charge on any atom is 0.329 e. The highest BCUT2D eigenvalue weighted by Crippen LogP contribution is 2.48. The van der Waals surface area contributed by atoms with Crippen molar-refractivity contribution in [1.29, 1.82) is 0 Å². The maximum absolute atomic E-state index is 13.8. The van der Waals surface area contributed by atoms with Gasteiger partial charge in [0.25, 0.3) is 0 Å². The van der Waals surface area contributed by atoms with Gasteiger partial charge < -0.3 is 28.8 Å². The third-order valence-corrected chi connectivity index (χ3v) is 6.31. The van der Waals surface area contributed by atoms with Crippen molar-refractivity contribution in [3.8, 4) is 11.3 Å². The van der Waals surface area contributed by atoms with Gasteiger partial charge in [0, 0.05) is 12.0 Å². The smallest absolute Gasteiger partial charge is 0.329 e. The summed E-state index contributed by atoms with van der Waals surface area (Å²) in [6, 6.07) is 0.826. The normalized spacial score (nSPS) is 32.0. The summed E-state index contributed by atoms with van der Waals surface area (Å²) in [5.74, 6) is -7.78. The molecule has 3 saturated heterocycles. The Hall–Kier alpha value is -2.58. The van der Waals surface area contributed by atoms with Crippen molar-refractivity contribution < 1.29 is 46.8 Å². The number of aliphatic carboxylic acids is 1. The zero-order valence-corrected chi connectivity index (χ0v) is 18.9. The number of aromatic nitrogens is 3. The number of hydrogen-bond acceptors (Lipinski definition) is 8. The van der Waals surface area contributed by atoms with E-state index in [-0.39, 0.29) is 17.9 Å². The van der Waals surface area contributed by atoms with Crippen molar-refractivity contribution in [3.05, 3.63) is 35.8 Å². The van der Waals surface area contributed by atoms with Gasteiger partial charge in [0.05, 0.1) is 19.4 Å². The van der Waals surface area contributed by atoms with Crippen LogP contribution < -0.4 is 0 Å². The van der Waals surface area contributed by atoms with Gasteiger partial charge in [-0.3, -0.25) is 0 Å². The zero-order chi connectivity index (χ0) is 25.0. The largest absolute Gasteiger partial charge is 0.480 e. The summed E-state index contributed by atoms with van der Waals surface area (Å²) in [6.07, 6.45) is 0.183. The molecule has 5 atom stereocenters. The Morgan fingerprint density at radius 3 is 2.63 bits per heavy atom. The molecular weight excluding hydrogens is 475 g/mol. The minimum absolute atomic E-state index is 0.0284. The van der Waals surface area contributed by atoms with E-state index < -0.39 is 66.0 Å². The summed E-state index contributed by atoms with van der Waals surface area (Å²) in [4.78, 5) is 11.4. The molecule has 3 aliphatic rings. The average Bonchev–Trinajstić information content (AvgIpc) is 3.46. The first-order valence-electron chi connectivity index (χ1n) is 11.1. The first-order chi connectivity index (χ1) is 16.6. The number of carboxylic acid groups (broad SMARTS) is 1. The highest BCUT2D eigenvalue weighted by molar-refractivity contribution is 5.68. The Labute approximate surface area is 197 Å². The Morgan fingerprint density at radius 2 is 1.97 bits per heavy atom. The summed E-state index contributed by atoms with van der Waals surface area (Å²) < 4.78 is 72.4. The molecule has 0 saturated carbocycles. The Bertz CT molecular complexity index is 1100. The fourth-order valence-corrected chi connectivity index (χ4v) is 4.85. The average molecular weight is 499 g/mol. The lowest BCUT2D eigenvalue weighted by Crippen LogP contribution is -2.67. The van der Waals surface area contributed by atoms with E-state index >= 15 is 0 Å². The SMILES string of the molecule is CC1(C)OC[C@H]2O[C@@]3(CCCO3)C(OCC(=O)O)[C@@H](n3cc(-c4cc(F)c(F)c(F)c4)nn3)[C@H]2O1. The Morgan fingerprint density at radius 1 is 1.23 bits per heavy atom. The second-order valence-electron chi connectivity index (χ2n) is 9.17. The molecule has 2 aromatic rings. The highest BCUT2D eigenvalue weighted by Gasteiger charge is 2.61. The minimum atomic E-state index is -1.59. The lowest BCUT2D eigenvalue weighted by atomic mass is 9.87. The molecule has 1 N–H and O–H groups in total. The first kappa shape index (κ1) is 24.1. The molecule has 0 bridgehead atoms. The second-order valence-corrected chi connectivity index (χ2v) is 9.17. The number of rotatable bonds is 5. The van der Waals surface area contributed by atoms with E-state index in [2.05, 4.69) is 10.3 Å². The van der Waals surface area contributed by atoms with Crippen molar-refractivity contribution in [2.45, 2.75) is 62.6 Å². The van der Waals surface area contributed by atoms with Crippen LogP contribution in [0.5, 0.6) is 0 Å². The molecule has 1 aromatic carbocycles. The van der Waals surface area contributed by atoms with Crippen molar-refractivity contribution >= 4 is 5.97 Å². The molecule has 0 aliphatic carbocycles. The van der Waals surface area contributed by atoms with E-state index in [4.69, 9.17) is 23.7 Å². The second kappa shape index (κ2) is 8.82. The number of carbonyl (C=O) groups is 1. The Balaban J connectivity index is 1.57. The number of halogens is 3. The lowest BCUT2D eigenvalue weighted by molar-refractivity contribution is -0.403. The van der Waals surface area contributed by atoms with Gasteiger partial charge in [0.15, 0.2) is 29.0 Å². The fraction of sp³-hybridized carbons (Fsp3) is 0.591. The summed E-state index contributed by atoms with van der Waals surface area (Å²) in [6.45, 7) is 3.35. The number of benzene rings is 1. The summed E-state index contributed by atoms with van der Waals surface area (Å²) >= 11 is 0. The Kier molecular flexibility index (Phi) is 6.08. The van der Waals surface area contributed by atoms with Gasteiger partial charge >= 0.3 is 5.97 Å². The van der Waals surface area contributed by atoms with Crippen LogP contribution in [0.4, 0.5) is 13.2 Å². The maximum atomic E-state index is 13.8. The van der Waals surface area contributed by atoms with Crippen LogP contribution in [-0.4, -0.2) is 75.8 Å². The van der Waals surface area contributed by atoms with Crippen molar-refractivity contribution in [2.24, 2.45) is 0 Å². The van der Waals surface area contributed by atoms with E-state index in [1.54, 1.807) is 13.8 Å². The molecule has 190 valence electrons. The molecule has 3 aliphatic heterocycles. The van der Waals surface area contributed by atoms with Gasteiger partial charge in [-0.25, -0.2) is 22.6 Å². The predicted molar refractivity (Wildman–Crippen MR) is 109 cm³/mol. The predicted octanol–water partition coefficient (Wildman–Crippen LogP) is 2.43. The molecule has 0 amide bonds. The van der Waals surface area contributed by atoms with Crippen LogP contribution in [0, 0.1) is 17.5 Å². The summed E-state index contributed by atoms with van der Waals surface area (Å²) in [5.41, 5.74) is 0.0369. The number of hydrogen-bond donors (Lipinski definition) is 1. The van der Waals surface area contributed by atoms with E-state index in [0.29, 0.717) is 19.4 Å². The quantitative estimate of drug-likeness (QED) is 0.620. The molecule has 13 heteroatoms. The van der Waals surface area contributed by atoms with Crippen molar-refractivity contribution in [2.75, 3.05) is 19.8 Å². The van der Waals surface area contributed by atoms with Crippen LogP contribution in [0.1, 0.15) is 32.7 Å². The molecule has 1 aromatic heterocycles. The van der Waals surface area contributed by atoms with Crippen molar-refractivity contribution in [3.63, 3.8) is 0 Å². The van der Waals surface area contributed by atoms with Crippen LogP contribution >= 0.6 is 0 Å². The van der Waals surface area contributed by atoms with Crippen LogP contribution in [0.2, 0.25) is 0 Å². The fourth-order valence-electron chi connectivity index (χ4n) is 4.85. The number of ether oxygens (including phenoxy) is 5. The molecule has 10 nitrogen and oxygen atoms in total. The van der Waals surface area contributed by atoms with Crippen LogP contribution in [0.15, 0.2) is 18.3 Å². The molecule has 1 unspecified atom stereocenters. The molecule has 4 heterocycles. The molecular formula is C22H24F3N3O7. The molecule has 1 spiro atoms. The molecule has 5 rings (SSSR count). The van der Waals surface area contributed by atoms with Gasteiger partial charge in [-0.15, -0.1) is 5.10 Å². The molecule has 0 radical (unpaired) electrons. The van der Waals surface area contributed by atoms with Gasteiger partial charge in [0.2, 0.25) is 0 Å². The lowest BCUT2D eigenvalue weighted by Gasteiger charge is -2.54. The van der Waals surface area contributed by atoms with E-state index in [1.165, 1.54) is 10.9 Å². The number of carboxylic acids is 1. The minimum Gasteiger partial charge on any atom is -0.480 e. The van der Waals surface area contributed by atoms with Gasteiger partial charge in [-0.2, -0.15) is 0 Å². The highest BCUT2D eigenvalue weighted by atomic mass is 19.2. The van der Waals surface area contributed by atoms with Gasteiger partial charge in [-0.05, 0) is 32.4 Å². The molecule has 3 fully saturated rings. The topological polar surface area (TPSA) is 114 Å². The van der Waals surface area contributed by atoms with Gasteiger partial charge in [0.1, 0.15) is 36.7 Å². The number of fused-ring (bicyclic) bond motifs is 1. The third kappa shape index (κ3) is 4.42.